The van der Waals surface area contributed by atoms with Crippen LogP contribution in [-0.2, 0) is 9.53 Å². The molecule has 0 aromatic heterocycles. The van der Waals surface area contributed by atoms with Gasteiger partial charge in [0.15, 0.2) is 0 Å². The van der Waals surface area contributed by atoms with Crippen molar-refractivity contribution in [2.24, 2.45) is 11.3 Å². The molecule has 0 bridgehead atoms. The fourth-order valence-electron chi connectivity index (χ4n) is 2.30. The van der Waals surface area contributed by atoms with Gasteiger partial charge < -0.3 is 9.84 Å². The van der Waals surface area contributed by atoms with Gasteiger partial charge in [-0.2, -0.15) is 0 Å². The van der Waals surface area contributed by atoms with Gasteiger partial charge in [0.2, 0.25) is 0 Å². The maximum absolute atomic E-state index is 11.8. The summed E-state index contributed by atoms with van der Waals surface area (Å²) >= 11 is 0. The normalized spacial score (nSPS) is 27.5. The number of carbonyl (C=O) groups excluding carboxylic acids is 1. The van der Waals surface area contributed by atoms with Crippen molar-refractivity contribution in [2.45, 2.75) is 52.6 Å². The number of hydrogen-bond acceptors (Lipinski definition) is 3. The van der Waals surface area contributed by atoms with E-state index in [1.165, 1.54) is 0 Å². The van der Waals surface area contributed by atoms with E-state index in [1.54, 1.807) is 0 Å². The van der Waals surface area contributed by atoms with Crippen LogP contribution in [0.5, 0.6) is 0 Å². The maximum Gasteiger partial charge on any atom is 0.311 e. The second-order valence-electron chi connectivity index (χ2n) is 4.96. The Morgan fingerprint density at radius 3 is 2.67 bits per heavy atom. The van der Waals surface area contributed by atoms with E-state index in [4.69, 9.17) is 4.74 Å². The Bertz CT molecular complexity index is 223. The van der Waals surface area contributed by atoms with Crippen LogP contribution in [0.15, 0.2) is 0 Å². The number of hydrogen-bond donors (Lipinski definition) is 1. The molecular formula is C12H22O3. The Kier molecular flexibility index (Phi) is 4.14. The minimum atomic E-state index is -0.461. The second-order valence-corrected chi connectivity index (χ2v) is 4.96. The van der Waals surface area contributed by atoms with Crippen LogP contribution >= 0.6 is 0 Å². The lowest BCUT2D eigenvalue weighted by Crippen LogP contribution is -2.38. The number of esters is 1. The first kappa shape index (κ1) is 12.5. The highest BCUT2D eigenvalue weighted by Gasteiger charge is 2.40. The molecule has 3 nitrogen and oxygen atoms in total. The van der Waals surface area contributed by atoms with Gasteiger partial charge in [0.05, 0.1) is 18.1 Å². The minimum absolute atomic E-state index is 0.135. The fourth-order valence-corrected chi connectivity index (χ4v) is 2.30. The highest BCUT2D eigenvalue weighted by atomic mass is 16.5. The molecule has 0 amide bonds. The van der Waals surface area contributed by atoms with Crippen LogP contribution in [0.3, 0.4) is 0 Å². The summed E-state index contributed by atoms with van der Waals surface area (Å²) < 4.78 is 5.07. The molecule has 0 aromatic carbocycles. The van der Waals surface area contributed by atoms with E-state index in [-0.39, 0.29) is 18.0 Å². The summed E-state index contributed by atoms with van der Waals surface area (Å²) in [4.78, 5) is 11.8. The molecule has 0 aromatic rings. The van der Waals surface area contributed by atoms with Gasteiger partial charge >= 0.3 is 5.97 Å². The van der Waals surface area contributed by atoms with Gasteiger partial charge in [-0.05, 0) is 46.0 Å². The van der Waals surface area contributed by atoms with E-state index < -0.39 is 5.41 Å². The largest absolute Gasteiger partial charge is 0.466 e. The summed E-state index contributed by atoms with van der Waals surface area (Å²) in [5, 5.41) is 9.60. The van der Waals surface area contributed by atoms with Crippen LogP contribution in [0.2, 0.25) is 0 Å². The van der Waals surface area contributed by atoms with Gasteiger partial charge in [0.1, 0.15) is 0 Å². The molecule has 0 aliphatic heterocycles. The molecule has 2 atom stereocenters. The number of ether oxygens (including phenoxy) is 1. The molecule has 1 N–H and O–H groups in total. The van der Waals surface area contributed by atoms with Crippen LogP contribution in [0.4, 0.5) is 0 Å². The first-order valence-corrected chi connectivity index (χ1v) is 5.83. The lowest BCUT2D eigenvalue weighted by atomic mass is 9.70. The molecule has 0 heterocycles. The zero-order chi connectivity index (χ0) is 11.5. The van der Waals surface area contributed by atoms with Crippen LogP contribution < -0.4 is 0 Å². The van der Waals surface area contributed by atoms with Crippen molar-refractivity contribution in [2.75, 3.05) is 6.61 Å². The van der Waals surface area contributed by atoms with Crippen LogP contribution in [0.1, 0.15) is 46.5 Å². The molecule has 2 unspecified atom stereocenters. The van der Waals surface area contributed by atoms with Gasteiger partial charge in [-0.25, -0.2) is 0 Å². The van der Waals surface area contributed by atoms with Crippen molar-refractivity contribution < 1.29 is 14.6 Å². The quantitative estimate of drug-likeness (QED) is 0.732. The van der Waals surface area contributed by atoms with Crippen molar-refractivity contribution >= 4 is 5.97 Å². The number of aliphatic hydroxyl groups is 1. The van der Waals surface area contributed by atoms with Crippen LogP contribution in [0.25, 0.3) is 0 Å². The predicted molar refractivity (Wildman–Crippen MR) is 58.4 cm³/mol. The molecule has 15 heavy (non-hydrogen) atoms. The van der Waals surface area contributed by atoms with Crippen LogP contribution in [-0.4, -0.2) is 23.8 Å². The Hall–Kier alpha value is -0.570. The predicted octanol–water partition coefficient (Wildman–Crippen LogP) is 2.13. The van der Waals surface area contributed by atoms with Gasteiger partial charge in [-0.1, -0.05) is 6.42 Å². The Morgan fingerprint density at radius 2 is 2.13 bits per heavy atom. The molecule has 1 fully saturated rings. The molecule has 3 heteroatoms. The SMILES string of the molecule is CCOC(=O)C(C)(C)C1CCCC(O)C1. The van der Waals surface area contributed by atoms with Crippen LogP contribution in [0, 0.1) is 11.3 Å². The molecule has 1 aliphatic rings. The summed E-state index contributed by atoms with van der Waals surface area (Å²) in [6, 6.07) is 0. The lowest BCUT2D eigenvalue weighted by molar-refractivity contribution is -0.158. The summed E-state index contributed by atoms with van der Waals surface area (Å²) in [6.45, 7) is 6.10. The molecule has 1 rings (SSSR count). The zero-order valence-electron chi connectivity index (χ0n) is 9.95. The van der Waals surface area contributed by atoms with Gasteiger partial charge in [0, 0.05) is 0 Å². The van der Waals surface area contributed by atoms with Crippen molar-refractivity contribution in [3.05, 3.63) is 0 Å². The summed E-state index contributed by atoms with van der Waals surface area (Å²) in [5.41, 5.74) is -0.461. The van der Waals surface area contributed by atoms with E-state index in [2.05, 4.69) is 0 Å². The number of aliphatic hydroxyl groups excluding tert-OH is 1. The Balaban J connectivity index is 2.62. The molecule has 0 radical (unpaired) electrons. The van der Waals surface area contributed by atoms with Gasteiger partial charge in [0.25, 0.3) is 0 Å². The fraction of sp³-hybridized carbons (Fsp3) is 0.917. The van der Waals surface area contributed by atoms with Crippen molar-refractivity contribution in [1.82, 2.24) is 0 Å². The van der Waals surface area contributed by atoms with E-state index in [0.717, 1.165) is 25.7 Å². The third-order valence-electron chi connectivity index (χ3n) is 3.47. The molecule has 1 saturated carbocycles. The third kappa shape index (κ3) is 2.94. The second kappa shape index (κ2) is 4.97. The smallest absolute Gasteiger partial charge is 0.311 e. The van der Waals surface area contributed by atoms with Gasteiger partial charge in [-0.3, -0.25) is 4.79 Å². The first-order chi connectivity index (χ1) is 6.98. The van der Waals surface area contributed by atoms with E-state index in [0.29, 0.717) is 6.61 Å². The lowest BCUT2D eigenvalue weighted by Gasteiger charge is -2.36. The average molecular weight is 214 g/mol. The number of carbonyl (C=O) groups is 1. The zero-order valence-corrected chi connectivity index (χ0v) is 9.95. The Labute approximate surface area is 91.8 Å². The third-order valence-corrected chi connectivity index (χ3v) is 3.47. The standard InChI is InChI=1S/C12H22O3/c1-4-15-11(14)12(2,3)9-6-5-7-10(13)8-9/h9-10,13H,4-8H2,1-3H3. The molecule has 0 saturated heterocycles. The number of rotatable bonds is 3. The topological polar surface area (TPSA) is 46.5 Å². The Morgan fingerprint density at radius 1 is 1.47 bits per heavy atom. The summed E-state index contributed by atoms with van der Waals surface area (Å²) in [6.07, 6.45) is 3.39. The van der Waals surface area contributed by atoms with E-state index in [9.17, 15) is 9.90 Å². The minimum Gasteiger partial charge on any atom is -0.466 e. The highest BCUT2D eigenvalue weighted by molar-refractivity contribution is 5.76. The summed E-state index contributed by atoms with van der Waals surface area (Å²) in [7, 11) is 0. The average Bonchev–Trinajstić information content (AvgIpc) is 2.18. The van der Waals surface area contributed by atoms with Crippen molar-refractivity contribution in [3.63, 3.8) is 0 Å². The van der Waals surface area contributed by atoms with Crippen molar-refractivity contribution in [3.8, 4) is 0 Å². The molecular weight excluding hydrogens is 192 g/mol. The highest BCUT2D eigenvalue weighted by Crippen LogP contribution is 2.39. The van der Waals surface area contributed by atoms with Gasteiger partial charge in [-0.15, -0.1) is 0 Å². The maximum atomic E-state index is 11.8. The molecule has 0 spiro atoms. The van der Waals surface area contributed by atoms with Crippen molar-refractivity contribution in [1.29, 1.82) is 0 Å². The molecule has 1 aliphatic carbocycles. The summed E-state index contributed by atoms with van der Waals surface area (Å²) in [5.74, 6) is 0.115. The van der Waals surface area contributed by atoms with E-state index >= 15 is 0 Å². The monoisotopic (exact) mass is 214 g/mol. The molecule has 88 valence electrons. The van der Waals surface area contributed by atoms with E-state index in [1.807, 2.05) is 20.8 Å². The first-order valence-electron chi connectivity index (χ1n) is 5.83.